The van der Waals surface area contributed by atoms with Crippen molar-refractivity contribution in [1.82, 2.24) is 14.8 Å². The minimum Gasteiger partial charge on any atom is -0.356 e. The molecule has 2 aliphatic heterocycles. The van der Waals surface area contributed by atoms with Gasteiger partial charge in [0.05, 0.1) is 5.52 Å². The summed E-state index contributed by atoms with van der Waals surface area (Å²) in [5.74, 6) is 0.696. The van der Waals surface area contributed by atoms with Crippen molar-refractivity contribution in [3.8, 4) is 0 Å². The summed E-state index contributed by atoms with van der Waals surface area (Å²) in [5.41, 5.74) is 0.920. The van der Waals surface area contributed by atoms with Gasteiger partial charge in [-0.05, 0) is 56.8 Å². The van der Waals surface area contributed by atoms with E-state index in [-0.39, 0.29) is 11.3 Å². The number of aryl methyl sites for hydroxylation is 1. The van der Waals surface area contributed by atoms with Crippen LogP contribution in [0.15, 0.2) is 41.3 Å². The molecule has 0 saturated carbocycles. The maximum Gasteiger partial charge on any atom is 0.221 e. The first-order valence-electron chi connectivity index (χ1n) is 10.3. The van der Waals surface area contributed by atoms with Crippen LogP contribution >= 0.6 is 0 Å². The molecule has 2 unspecified atom stereocenters. The van der Waals surface area contributed by atoms with Crippen molar-refractivity contribution < 1.29 is 4.79 Å². The van der Waals surface area contributed by atoms with Crippen molar-refractivity contribution in [3.05, 3.63) is 46.8 Å². The van der Waals surface area contributed by atoms with Crippen LogP contribution in [0.3, 0.4) is 0 Å². The van der Waals surface area contributed by atoms with Gasteiger partial charge in [-0.3, -0.25) is 9.59 Å². The molecule has 5 heteroatoms. The minimum atomic E-state index is 0.0284. The molecular weight excluding hydrogens is 338 g/mol. The summed E-state index contributed by atoms with van der Waals surface area (Å²) in [7, 11) is 0. The molecule has 0 spiro atoms. The average Bonchev–Trinajstić information content (AvgIpc) is 2.72. The Morgan fingerprint density at radius 1 is 1.07 bits per heavy atom. The van der Waals surface area contributed by atoms with Gasteiger partial charge in [0.2, 0.25) is 5.91 Å². The summed E-state index contributed by atoms with van der Waals surface area (Å²) in [5, 5.41) is 3.88. The van der Waals surface area contributed by atoms with Crippen LogP contribution < -0.4 is 10.7 Å². The lowest BCUT2D eigenvalue weighted by Gasteiger charge is -2.44. The lowest BCUT2D eigenvalue weighted by Crippen LogP contribution is -2.51. The number of rotatable bonds is 5. The summed E-state index contributed by atoms with van der Waals surface area (Å²) in [6.07, 6.45) is 8.64. The Hall–Kier alpha value is -2.14. The number of pyridine rings is 1. The highest BCUT2D eigenvalue weighted by molar-refractivity contribution is 5.79. The van der Waals surface area contributed by atoms with Crippen molar-refractivity contribution in [2.45, 2.75) is 51.1 Å². The van der Waals surface area contributed by atoms with E-state index in [0.717, 1.165) is 12.1 Å². The molecule has 3 heterocycles. The number of amides is 1. The van der Waals surface area contributed by atoms with Crippen LogP contribution in [0.25, 0.3) is 10.9 Å². The Bertz CT molecular complexity index is 858. The van der Waals surface area contributed by atoms with Gasteiger partial charge in [0.1, 0.15) is 0 Å². The van der Waals surface area contributed by atoms with E-state index in [1.165, 1.54) is 45.2 Å². The van der Waals surface area contributed by atoms with Gasteiger partial charge in [-0.15, -0.1) is 0 Å². The fraction of sp³-hybridized carbons (Fsp3) is 0.545. The summed E-state index contributed by atoms with van der Waals surface area (Å²) >= 11 is 0. The van der Waals surface area contributed by atoms with E-state index in [1.54, 1.807) is 12.3 Å². The molecule has 1 aromatic heterocycles. The molecule has 1 aromatic carbocycles. The number of fused-ring (bicyclic) bond motifs is 2. The van der Waals surface area contributed by atoms with Gasteiger partial charge in [0.25, 0.3) is 0 Å². The smallest absolute Gasteiger partial charge is 0.221 e. The van der Waals surface area contributed by atoms with E-state index in [1.807, 2.05) is 28.8 Å². The third kappa shape index (κ3) is 4.08. The number of carbonyl (C=O) groups excluding carboxylic acids is 1. The zero-order chi connectivity index (χ0) is 18.6. The molecule has 0 aliphatic carbocycles. The lowest BCUT2D eigenvalue weighted by molar-refractivity contribution is -0.121. The van der Waals surface area contributed by atoms with Crippen LogP contribution in [-0.2, 0) is 11.3 Å². The molecule has 2 atom stereocenters. The standard InChI is InChI=1S/C22H29N3O2/c26-21-10-14-25(20-9-2-1-7-18(20)21)15-11-22(27)23-16-17-6-5-13-24-12-4-3-8-19(17)24/h1-2,7,9-10,14,17,19H,3-6,8,11-13,15-16H2,(H,23,27). The summed E-state index contributed by atoms with van der Waals surface area (Å²) < 4.78 is 2.00. The second-order valence-corrected chi connectivity index (χ2v) is 7.95. The number of hydrogen-bond donors (Lipinski definition) is 1. The maximum atomic E-state index is 12.4. The molecule has 2 aliphatic rings. The topological polar surface area (TPSA) is 54.3 Å². The number of benzene rings is 1. The molecule has 5 nitrogen and oxygen atoms in total. The highest BCUT2D eigenvalue weighted by Crippen LogP contribution is 2.30. The van der Waals surface area contributed by atoms with Crippen LogP contribution in [0.2, 0.25) is 0 Å². The van der Waals surface area contributed by atoms with E-state index < -0.39 is 0 Å². The number of para-hydroxylation sites is 1. The first-order chi connectivity index (χ1) is 13.2. The molecule has 2 saturated heterocycles. The van der Waals surface area contributed by atoms with Crippen LogP contribution in [0.5, 0.6) is 0 Å². The highest BCUT2D eigenvalue weighted by Gasteiger charge is 2.32. The van der Waals surface area contributed by atoms with Gasteiger partial charge < -0.3 is 14.8 Å². The molecule has 144 valence electrons. The summed E-state index contributed by atoms with van der Waals surface area (Å²) in [6.45, 7) is 3.85. The van der Waals surface area contributed by atoms with Gasteiger partial charge in [-0.2, -0.15) is 0 Å². The maximum absolute atomic E-state index is 12.4. The zero-order valence-electron chi connectivity index (χ0n) is 15.9. The van der Waals surface area contributed by atoms with Crippen molar-refractivity contribution in [1.29, 1.82) is 0 Å². The number of nitrogens with one attached hydrogen (secondary N) is 1. The highest BCUT2D eigenvalue weighted by atomic mass is 16.1. The molecule has 2 aromatic rings. The largest absolute Gasteiger partial charge is 0.356 e. The number of hydrogen-bond acceptors (Lipinski definition) is 3. The van der Waals surface area contributed by atoms with E-state index in [9.17, 15) is 9.59 Å². The van der Waals surface area contributed by atoms with Crippen molar-refractivity contribution in [2.24, 2.45) is 5.92 Å². The Morgan fingerprint density at radius 2 is 1.93 bits per heavy atom. The molecule has 2 fully saturated rings. The van der Waals surface area contributed by atoms with Crippen LogP contribution in [0.1, 0.15) is 38.5 Å². The van der Waals surface area contributed by atoms with Gasteiger partial charge in [0, 0.05) is 43.2 Å². The SMILES string of the molecule is O=C(CCn1ccc(=O)c2ccccc21)NCC1CCCN2CCCCC12. The zero-order valence-corrected chi connectivity index (χ0v) is 15.9. The van der Waals surface area contributed by atoms with E-state index in [4.69, 9.17) is 0 Å². The van der Waals surface area contributed by atoms with Gasteiger partial charge in [0.15, 0.2) is 5.43 Å². The Morgan fingerprint density at radius 3 is 2.85 bits per heavy atom. The number of carbonyl (C=O) groups is 1. The first-order valence-corrected chi connectivity index (χ1v) is 10.3. The molecule has 1 N–H and O–H groups in total. The molecule has 4 rings (SSSR count). The third-order valence-electron chi connectivity index (χ3n) is 6.25. The second kappa shape index (κ2) is 8.26. The molecule has 1 amide bonds. The summed E-state index contributed by atoms with van der Waals surface area (Å²) in [6, 6.07) is 9.83. The molecule has 27 heavy (non-hydrogen) atoms. The van der Waals surface area contributed by atoms with E-state index in [0.29, 0.717) is 30.3 Å². The summed E-state index contributed by atoms with van der Waals surface area (Å²) in [4.78, 5) is 27.0. The predicted octanol–water partition coefficient (Wildman–Crippen LogP) is 2.77. The fourth-order valence-electron chi connectivity index (χ4n) is 4.83. The van der Waals surface area contributed by atoms with E-state index in [2.05, 4.69) is 10.2 Å². The quantitative estimate of drug-likeness (QED) is 0.884. The normalized spacial score (nSPS) is 23.1. The number of piperidine rings is 2. The fourth-order valence-corrected chi connectivity index (χ4v) is 4.83. The van der Waals surface area contributed by atoms with Crippen molar-refractivity contribution in [3.63, 3.8) is 0 Å². The Kier molecular flexibility index (Phi) is 5.58. The van der Waals surface area contributed by atoms with Gasteiger partial charge in [-0.25, -0.2) is 0 Å². The predicted molar refractivity (Wildman–Crippen MR) is 108 cm³/mol. The Balaban J connectivity index is 1.33. The average molecular weight is 367 g/mol. The molecular formula is C22H29N3O2. The monoisotopic (exact) mass is 367 g/mol. The number of nitrogens with zero attached hydrogens (tertiary/aromatic N) is 2. The van der Waals surface area contributed by atoms with Crippen LogP contribution in [0, 0.1) is 5.92 Å². The Labute approximate surface area is 160 Å². The molecule has 0 bridgehead atoms. The van der Waals surface area contributed by atoms with Crippen LogP contribution in [0.4, 0.5) is 0 Å². The van der Waals surface area contributed by atoms with Crippen LogP contribution in [-0.4, -0.2) is 41.1 Å². The minimum absolute atomic E-state index is 0.0284. The molecule has 0 radical (unpaired) electrons. The van der Waals surface area contributed by atoms with Gasteiger partial charge in [-0.1, -0.05) is 18.6 Å². The third-order valence-corrected chi connectivity index (χ3v) is 6.25. The van der Waals surface area contributed by atoms with E-state index >= 15 is 0 Å². The second-order valence-electron chi connectivity index (χ2n) is 7.95. The van der Waals surface area contributed by atoms with Gasteiger partial charge >= 0.3 is 0 Å². The lowest BCUT2D eigenvalue weighted by atomic mass is 9.83. The number of aromatic nitrogens is 1. The first kappa shape index (κ1) is 18.2. The van der Waals surface area contributed by atoms with Crippen molar-refractivity contribution in [2.75, 3.05) is 19.6 Å². The van der Waals surface area contributed by atoms with Crippen molar-refractivity contribution >= 4 is 16.8 Å².